The number of nitrogens with one attached hydrogen (secondary N) is 1. The van der Waals surface area contributed by atoms with Crippen LogP contribution in [0.25, 0.3) is 0 Å². The van der Waals surface area contributed by atoms with Gasteiger partial charge in [-0.1, -0.05) is 53.5 Å². The van der Waals surface area contributed by atoms with Gasteiger partial charge in [0.2, 0.25) is 5.91 Å². The lowest BCUT2D eigenvalue weighted by Crippen LogP contribution is -2.32. The predicted molar refractivity (Wildman–Crippen MR) is 150 cm³/mol. The fourth-order valence-electron chi connectivity index (χ4n) is 3.12. The standard InChI is InChI=1S/C18H17Cl2NO2.C7H16N4O.CH4O/c19-16-10-15(11-17(20)12-16)13-21(8-9-22)18(23)7-6-14-4-2-1-3-5-14;1-10-6(5-12)3-2-4-11-7(8)9;1-2/h1-5,9-12H,6-8,13H2;5-6,10H,2-4H2,1H3,(H4,8,9,11);2H,1H3. The van der Waals surface area contributed by atoms with E-state index in [1.165, 1.54) is 4.90 Å². The number of hydrogen-bond donors (Lipinski definition) is 4. The Morgan fingerprint density at radius 3 is 2.22 bits per heavy atom. The lowest BCUT2D eigenvalue weighted by Gasteiger charge is -2.20. The van der Waals surface area contributed by atoms with Crippen molar-refractivity contribution in [2.75, 3.05) is 27.2 Å². The maximum Gasteiger partial charge on any atom is 0.223 e. The second-order valence-corrected chi connectivity index (χ2v) is 8.56. The number of hydrogen-bond acceptors (Lipinski definition) is 6. The van der Waals surface area contributed by atoms with Crippen LogP contribution in [0.3, 0.4) is 0 Å². The van der Waals surface area contributed by atoms with E-state index >= 15 is 0 Å². The molecule has 6 N–H and O–H groups in total. The summed E-state index contributed by atoms with van der Waals surface area (Å²) in [6.45, 7) is 0.943. The number of aliphatic hydroxyl groups excluding tert-OH is 1. The monoisotopic (exact) mass is 553 g/mol. The van der Waals surface area contributed by atoms with Gasteiger partial charge in [-0.3, -0.25) is 9.79 Å². The van der Waals surface area contributed by atoms with Gasteiger partial charge in [0.15, 0.2) is 5.96 Å². The van der Waals surface area contributed by atoms with Crippen molar-refractivity contribution in [3.63, 3.8) is 0 Å². The van der Waals surface area contributed by atoms with Crippen molar-refractivity contribution in [2.24, 2.45) is 16.5 Å². The Balaban J connectivity index is 0.000000786. The Labute approximate surface area is 228 Å². The highest BCUT2D eigenvalue weighted by Gasteiger charge is 2.14. The van der Waals surface area contributed by atoms with Gasteiger partial charge < -0.3 is 36.4 Å². The first-order chi connectivity index (χ1) is 17.8. The normalized spacial score (nSPS) is 10.5. The molecule has 0 saturated heterocycles. The van der Waals surface area contributed by atoms with Crippen LogP contribution in [-0.2, 0) is 27.3 Å². The number of nitrogens with zero attached hydrogens (tertiary/aromatic N) is 2. The molecule has 0 spiro atoms. The van der Waals surface area contributed by atoms with Crippen LogP contribution in [-0.4, -0.2) is 67.7 Å². The third-order valence-corrected chi connectivity index (χ3v) is 5.35. The summed E-state index contributed by atoms with van der Waals surface area (Å²) in [5, 5.41) is 10.9. The van der Waals surface area contributed by atoms with Gasteiger partial charge in [-0.05, 0) is 55.6 Å². The van der Waals surface area contributed by atoms with Gasteiger partial charge in [-0.25, -0.2) is 0 Å². The van der Waals surface area contributed by atoms with Crippen molar-refractivity contribution >= 4 is 47.6 Å². The number of guanidine groups is 1. The minimum absolute atomic E-state index is 0.0533. The first-order valence-corrected chi connectivity index (χ1v) is 12.4. The van der Waals surface area contributed by atoms with Crippen LogP contribution in [0.1, 0.15) is 30.4 Å². The summed E-state index contributed by atoms with van der Waals surface area (Å²) in [5.74, 6) is 0.0270. The Kier molecular flexibility index (Phi) is 19.4. The fourth-order valence-corrected chi connectivity index (χ4v) is 3.69. The highest BCUT2D eigenvalue weighted by atomic mass is 35.5. The molecule has 0 heterocycles. The molecule has 9 nitrogen and oxygen atoms in total. The summed E-state index contributed by atoms with van der Waals surface area (Å²) < 4.78 is 0. The number of aliphatic hydroxyl groups is 1. The Bertz CT molecular complexity index is 937. The summed E-state index contributed by atoms with van der Waals surface area (Å²) in [6.07, 6.45) is 4.18. The maximum atomic E-state index is 12.4. The van der Waals surface area contributed by atoms with Crippen molar-refractivity contribution in [2.45, 2.75) is 38.3 Å². The zero-order valence-electron chi connectivity index (χ0n) is 21.3. The van der Waals surface area contributed by atoms with E-state index in [-0.39, 0.29) is 24.5 Å². The molecule has 37 heavy (non-hydrogen) atoms. The zero-order chi connectivity index (χ0) is 28.1. The highest BCUT2D eigenvalue weighted by Crippen LogP contribution is 2.20. The topological polar surface area (TPSA) is 151 Å². The lowest BCUT2D eigenvalue weighted by atomic mass is 10.1. The first-order valence-electron chi connectivity index (χ1n) is 11.6. The summed E-state index contributed by atoms with van der Waals surface area (Å²) in [7, 11) is 2.75. The average molecular weight is 555 g/mol. The van der Waals surface area contributed by atoms with Gasteiger partial charge in [0, 0.05) is 36.7 Å². The number of aldehydes is 2. The van der Waals surface area contributed by atoms with E-state index in [1.807, 2.05) is 30.3 Å². The van der Waals surface area contributed by atoms with Gasteiger partial charge >= 0.3 is 0 Å². The summed E-state index contributed by atoms with van der Waals surface area (Å²) in [6, 6.07) is 14.8. The van der Waals surface area contributed by atoms with E-state index in [0.717, 1.165) is 43.7 Å². The molecule has 2 rings (SSSR count). The number of carbonyl (C=O) groups is 3. The van der Waals surface area contributed by atoms with Crippen LogP contribution >= 0.6 is 23.2 Å². The van der Waals surface area contributed by atoms with Gasteiger partial charge in [-0.15, -0.1) is 0 Å². The number of carbonyl (C=O) groups excluding carboxylic acids is 3. The molecular formula is C26H37Cl2N5O4. The van der Waals surface area contributed by atoms with E-state index < -0.39 is 0 Å². The van der Waals surface area contributed by atoms with Crippen molar-refractivity contribution < 1.29 is 19.5 Å². The second kappa shape index (κ2) is 21.1. The van der Waals surface area contributed by atoms with Crippen molar-refractivity contribution in [1.29, 1.82) is 0 Å². The smallest absolute Gasteiger partial charge is 0.223 e. The molecule has 0 aliphatic heterocycles. The van der Waals surface area contributed by atoms with Crippen LogP contribution in [0.2, 0.25) is 10.0 Å². The molecule has 1 amide bonds. The molecule has 0 saturated carbocycles. The molecule has 2 aromatic rings. The molecule has 0 aliphatic rings. The lowest BCUT2D eigenvalue weighted by molar-refractivity contribution is -0.133. The van der Waals surface area contributed by atoms with E-state index in [4.69, 9.17) is 39.8 Å². The molecule has 1 unspecified atom stereocenters. The average Bonchev–Trinajstić information content (AvgIpc) is 2.88. The molecule has 11 heteroatoms. The molecular weight excluding hydrogens is 517 g/mol. The quantitative estimate of drug-likeness (QED) is 0.129. The Morgan fingerprint density at radius 1 is 1.08 bits per heavy atom. The Morgan fingerprint density at radius 2 is 1.70 bits per heavy atom. The third-order valence-electron chi connectivity index (χ3n) is 4.92. The number of benzene rings is 2. The van der Waals surface area contributed by atoms with Crippen molar-refractivity contribution in [3.05, 3.63) is 69.7 Å². The van der Waals surface area contributed by atoms with Gasteiger partial charge in [0.1, 0.15) is 12.6 Å². The highest BCUT2D eigenvalue weighted by molar-refractivity contribution is 6.34. The van der Waals surface area contributed by atoms with Crippen LogP contribution in [0.4, 0.5) is 0 Å². The second-order valence-electron chi connectivity index (χ2n) is 7.68. The van der Waals surface area contributed by atoms with Crippen LogP contribution in [0.5, 0.6) is 0 Å². The number of aryl methyl sites for hydroxylation is 1. The number of halogens is 2. The molecule has 204 valence electrons. The minimum Gasteiger partial charge on any atom is -0.400 e. The van der Waals surface area contributed by atoms with Gasteiger partial charge in [-0.2, -0.15) is 0 Å². The van der Waals surface area contributed by atoms with E-state index in [0.29, 0.717) is 36.0 Å². The maximum absolute atomic E-state index is 12.4. The zero-order valence-corrected chi connectivity index (χ0v) is 22.8. The number of nitrogens with two attached hydrogens (primary N) is 2. The molecule has 0 aliphatic carbocycles. The molecule has 1 atom stereocenters. The van der Waals surface area contributed by atoms with Crippen molar-refractivity contribution in [3.8, 4) is 0 Å². The Hall–Kier alpha value is -2.98. The number of likely N-dealkylation sites (N-methyl/N-ethyl adjacent to an activating group) is 1. The molecule has 0 fully saturated rings. The number of aliphatic imine (C=N–C) groups is 1. The summed E-state index contributed by atoms with van der Waals surface area (Å²) in [4.78, 5) is 38.9. The SMILES string of the molecule is CNC(C=O)CCCN=C(N)N.CO.O=CCN(Cc1cc(Cl)cc(Cl)c1)C(=O)CCc1ccccc1. The van der Waals surface area contributed by atoms with Crippen LogP contribution in [0, 0.1) is 0 Å². The fraction of sp³-hybridized carbons (Fsp3) is 0.385. The van der Waals surface area contributed by atoms with E-state index in [9.17, 15) is 14.4 Å². The molecule has 0 bridgehead atoms. The van der Waals surface area contributed by atoms with E-state index in [2.05, 4.69) is 10.3 Å². The van der Waals surface area contributed by atoms with Gasteiger partial charge in [0.25, 0.3) is 0 Å². The van der Waals surface area contributed by atoms with Crippen LogP contribution in [0.15, 0.2) is 53.5 Å². The molecule has 2 aromatic carbocycles. The van der Waals surface area contributed by atoms with Gasteiger partial charge in [0.05, 0.1) is 12.6 Å². The van der Waals surface area contributed by atoms with E-state index in [1.54, 1.807) is 25.2 Å². The number of rotatable bonds is 13. The summed E-state index contributed by atoms with van der Waals surface area (Å²) in [5.41, 5.74) is 12.1. The molecule has 0 radical (unpaired) electrons. The third kappa shape index (κ3) is 16.4. The van der Waals surface area contributed by atoms with Crippen LogP contribution < -0.4 is 16.8 Å². The largest absolute Gasteiger partial charge is 0.400 e. The van der Waals surface area contributed by atoms with Crippen molar-refractivity contribution in [1.82, 2.24) is 10.2 Å². The summed E-state index contributed by atoms with van der Waals surface area (Å²) >= 11 is 11.9. The first kappa shape index (κ1) is 34.0. The minimum atomic E-state index is -0.0841. The number of amides is 1. The molecule has 0 aromatic heterocycles. The predicted octanol–water partition coefficient (Wildman–Crippen LogP) is 2.59.